The predicted molar refractivity (Wildman–Crippen MR) is 67.5 cm³/mol. The largest absolute Gasteiger partial charge is 0.315 e. The van der Waals surface area contributed by atoms with Gasteiger partial charge in [0, 0.05) is 30.0 Å². The SMILES string of the molecule is CC(=O)CCC(=O)N(C)c1cccc(Br)c1. The molecule has 0 N–H and O–H groups in total. The maximum atomic E-state index is 11.7. The first-order valence-corrected chi connectivity index (χ1v) is 5.81. The van der Waals surface area contributed by atoms with E-state index in [1.165, 1.54) is 6.92 Å². The van der Waals surface area contributed by atoms with E-state index < -0.39 is 0 Å². The van der Waals surface area contributed by atoms with Crippen molar-refractivity contribution in [1.29, 1.82) is 0 Å². The van der Waals surface area contributed by atoms with E-state index in [0.29, 0.717) is 6.42 Å². The average Bonchev–Trinajstić information content (AvgIpc) is 2.24. The molecule has 3 nitrogen and oxygen atoms in total. The molecule has 1 aromatic rings. The molecular formula is C12H14BrNO2. The van der Waals surface area contributed by atoms with Gasteiger partial charge in [-0.1, -0.05) is 22.0 Å². The highest BCUT2D eigenvalue weighted by Gasteiger charge is 2.11. The summed E-state index contributed by atoms with van der Waals surface area (Å²) in [7, 11) is 1.71. The van der Waals surface area contributed by atoms with E-state index in [1.54, 1.807) is 11.9 Å². The Kier molecular flexibility index (Phi) is 4.68. The summed E-state index contributed by atoms with van der Waals surface area (Å²) >= 11 is 3.35. The van der Waals surface area contributed by atoms with Crippen molar-refractivity contribution in [1.82, 2.24) is 0 Å². The van der Waals surface area contributed by atoms with E-state index in [2.05, 4.69) is 15.9 Å². The topological polar surface area (TPSA) is 37.4 Å². The number of carbonyl (C=O) groups excluding carboxylic acids is 2. The third-order valence-corrected chi connectivity index (χ3v) is 2.75. The van der Waals surface area contributed by atoms with Gasteiger partial charge < -0.3 is 9.69 Å². The number of ketones is 1. The molecule has 16 heavy (non-hydrogen) atoms. The second-order valence-electron chi connectivity index (χ2n) is 3.63. The zero-order valence-corrected chi connectivity index (χ0v) is 11.0. The monoisotopic (exact) mass is 283 g/mol. The second kappa shape index (κ2) is 5.80. The van der Waals surface area contributed by atoms with Crippen LogP contribution in [0.25, 0.3) is 0 Å². The molecule has 0 aliphatic rings. The van der Waals surface area contributed by atoms with E-state index in [-0.39, 0.29) is 18.1 Å². The van der Waals surface area contributed by atoms with E-state index in [0.717, 1.165) is 10.2 Å². The lowest BCUT2D eigenvalue weighted by Crippen LogP contribution is -2.26. The number of benzene rings is 1. The maximum Gasteiger partial charge on any atom is 0.227 e. The Morgan fingerprint density at radius 3 is 2.56 bits per heavy atom. The van der Waals surface area contributed by atoms with E-state index in [9.17, 15) is 9.59 Å². The molecule has 0 aliphatic carbocycles. The molecule has 0 aromatic heterocycles. The molecule has 1 amide bonds. The van der Waals surface area contributed by atoms with Gasteiger partial charge >= 0.3 is 0 Å². The molecule has 0 bridgehead atoms. The fraction of sp³-hybridized carbons (Fsp3) is 0.333. The van der Waals surface area contributed by atoms with Gasteiger partial charge in [-0.3, -0.25) is 4.79 Å². The third kappa shape index (κ3) is 3.77. The number of anilines is 1. The van der Waals surface area contributed by atoms with Crippen LogP contribution in [0.5, 0.6) is 0 Å². The Bertz CT molecular complexity index is 404. The molecule has 86 valence electrons. The van der Waals surface area contributed by atoms with Crippen molar-refractivity contribution in [2.75, 3.05) is 11.9 Å². The Hall–Kier alpha value is -1.16. The van der Waals surface area contributed by atoms with Crippen LogP contribution in [-0.2, 0) is 9.59 Å². The number of carbonyl (C=O) groups is 2. The molecule has 0 heterocycles. The number of hydrogen-bond acceptors (Lipinski definition) is 2. The van der Waals surface area contributed by atoms with Crippen LogP contribution in [0.4, 0.5) is 5.69 Å². The predicted octanol–water partition coefficient (Wildman–Crippen LogP) is 2.78. The third-order valence-electron chi connectivity index (χ3n) is 2.26. The highest BCUT2D eigenvalue weighted by atomic mass is 79.9. The number of halogens is 1. The average molecular weight is 284 g/mol. The molecule has 1 rings (SSSR count). The summed E-state index contributed by atoms with van der Waals surface area (Å²) in [6.07, 6.45) is 0.565. The fourth-order valence-electron chi connectivity index (χ4n) is 1.28. The van der Waals surface area contributed by atoms with Crippen molar-refractivity contribution < 1.29 is 9.59 Å². The molecule has 0 atom stereocenters. The van der Waals surface area contributed by atoms with Gasteiger partial charge in [0.05, 0.1) is 0 Å². The first kappa shape index (κ1) is 12.9. The van der Waals surface area contributed by atoms with Gasteiger partial charge in [0.15, 0.2) is 0 Å². The molecule has 0 spiro atoms. The summed E-state index contributed by atoms with van der Waals surface area (Å²) in [5, 5.41) is 0. The molecule has 4 heteroatoms. The van der Waals surface area contributed by atoms with Crippen LogP contribution in [0.1, 0.15) is 19.8 Å². The van der Waals surface area contributed by atoms with Crippen molar-refractivity contribution >= 4 is 33.3 Å². The Labute approximate surface area is 104 Å². The molecule has 0 fully saturated rings. The quantitative estimate of drug-likeness (QED) is 0.852. The van der Waals surface area contributed by atoms with Crippen molar-refractivity contribution in [2.24, 2.45) is 0 Å². The van der Waals surface area contributed by atoms with Gasteiger partial charge in [-0.15, -0.1) is 0 Å². The lowest BCUT2D eigenvalue weighted by molar-refractivity contribution is -0.122. The molecule has 0 saturated heterocycles. The maximum absolute atomic E-state index is 11.7. The van der Waals surface area contributed by atoms with Crippen LogP contribution in [0.15, 0.2) is 28.7 Å². The number of amides is 1. The summed E-state index contributed by atoms with van der Waals surface area (Å²) in [6, 6.07) is 7.49. The summed E-state index contributed by atoms with van der Waals surface area (Å²) in [5.41, 5.74) is 0.822. The molecule has 0 radical (unpaired) electrons. The molecule has 0 aliphatic heterocycles. The molecule has 0 saturated carbocycles. The van der Waals surface area contributed by atoms with Crippen LogP contribution in [0, 0.1) is 0 Å². The Morgan fingerprint density at radius 2 is 2.00 bits per heavy atom. The molecule has 0 unspecified atom stereocenters. The van der Waals surface area contributed by atoms with Crippen molar-refractivity contribution in [3.63, 3.8) is 0 Å². The van der Waals surface area contributed by atoms with Gasteiger partial charge in [-0.05, 0) is 25.1 Å². The van der Waals surface area contributed by atoms with Crippen molar-refractivity contribution in [3.8, 4) is 0 Å². The number of hydrogen-bond donors (Lipinski definition) is 0. The van der Waals surface area contributed by atoms with Crippen molar-refractivity contribution in [2.45, 2.75) is 19.8 Å². The zero-order valence-electron chi connectivity index (χ0n) is 9.37. The van der Waals surface area contributed by atoms with Crippen molar-refractivity contribution in [3.05, 3.63) is 28.7 Å². The van der Waals surface area contributed by atoms with Crippen LogP contribution in [0.2, 0.25) is 0 Å². The number of rotatable bonds is 4. The van der Waals surface area contributed by atoms with Gasteiger partial charge in [0.1, 0.15) is 5.78 Å². The van der Waals surface area contributed by atoms with Crippen LogP contribution in [0.3, 0.4) is 0 Å². The second-order valence-corrected chi connectivity index (χ2v) is 4.55. The van der Waals surface area contributed by atoms with Gasteiger partial charge in [-0.25, -0.2) is 0 Å². The normalized spacial score (nSPS) is 9.94. The molecule has 1 aromatic carbocycles. The number of Topliss-reactive ketones (excluding diaryl/α,β-unsaturated/α-hetero) is 1. The molecular weight excluding hydrogens is 270 g/mol. The standard InChI is InChI=1S/C12H14BrNO2/c1-9(15)6-7-12(16)14(2)11-5-3-4-10(13)8-11/h3-5,8H,6-7H2,1-2H3. The highest BCUT2D eigenvalue weighted by molar-refractivity contribution is 9.10. The fourth-order valence-corrected chi connectivity index (χ4v) is 1.67. The summed E-state index contributed by atoms with van der Waals surface area (Å²) in [5.74, 6) is -0.00991. The summed E-state index contributed by atoms with van der Waals surface area (Å²) in [4.78, 5) is 24.1. The van der Waals surface area contributed by atoms with E-state index >= 15 is 0 Å². The minimum Gasteiger partial charge on any atom is -0.315 e. The van der Waals surface area contributed by atoms with Crippen LogP contribution < -0.4 is 4.90 Å². The minimum absolute atomic E-state index is 0.0380. The lowest BCUT2D eigenvalue weighted by Gasteiger charge is -2.17. The van der Waals surface area contributed by atoms with E-state index in [4.69, 9.17) is 0 Å². The lowest BCUT2D eigenvalue weighted by atomic mass is 10.2. The number of nitrogens with zero attached hydrogens (tertiary/aromatic N) is 1. The first-order chi connectivity index (χ1) is 7.50. The Morgan fingerprint density at radius 1 is 1.31 bits per heavy atom. The minimum atomic E-state index is -0.0479. The van der Waals surface area contributed by atoms with Gasteiger partial charge in [0.2, 0.25) is 5.91 Å². The summed E-state index contributed by atoms with van der Waals surface area (Å²) in [6.45, 7) is 1.49. The highest BCUT2D eigenvalue weighted by Crippen LogP contribution is 2.19. The smallest absolute Gasteiger partial charge is 0.227 e. The summed E-state index contributed by atoms with van der Waals surface area (Å²) < 4.78 is 0.927. The van der Waals surface area contributed by atoms with Crippen LogP contribution in [-0.4, -0.2) is 18.7 Å². The first-order valence-electron chi connectivity index (χ1n) is 5.02. The van der Waals surface area contributed by atoms with Gasteiger partial charge in [0.25, 0.3) is 0 Å². The van der Waals surface area contributed by atoms with Crippen LogP contribution >= 0.6 is 15.9 Å². The van der Waals surface area contributed by atoms with Gasteiger partial charge in [-0.2, -0.15) is 0 Å². The van der Waals surface area contributed by atoms with E-state index in [1.807, 2.05) is 24.3 Å². The Balaban J connectivity index is 2.66. The zero-order chi connectivity index (χ0) is 12.1.